The second kappa shape index (κ2) is 8.49. The molecule has 176 valence electrons. The van der Waals surface area contributed by atoms with Crippen molar-refractivity contribution in [1.82, 2.24) is 15.1 Å². The normalized spacial score (nSPS) is 21.0. The van der Waals surface area contributed by atoms with Crippen LogP contribution in [0.15, 0.2) is 18.2 Å². The fraction of sp³-hybridized carbons (Fsp3) is 0.522. The van der Waals surface area contributed by atoms with E-state index in [0.29, 0.717) is 31.2 Å². The van der Waals surface area contributed by atoms with E-state index in [1.54, 1.807) is 23.1 Å². The predicted octanol–water partition coefficient (Wildman–Crippen LogP) is 1.76. The van der Waals surface area contributed by atoms with Crippen LogP contribution in [0.1, 0.15) is 60.7 Å². The van der Waals surface area contributed by atoms with Crippen LogP contribution in [0.3, 0.4) is 0 Å². The largest absolute Gasteiger partial charge is 0.444 e. The molecular weight excluding hydrogens is 428 g/mol. The smallest absolute Gasteiger partial charge is 0.410 e. The van der Waals surface area contributed by atoms with E-state index in [1.165, 1.54) is 0 Å². The van der Waals surface area contributed by atoms with Crippen molar-refractivity contribution >= 4 is 35.4 Å². The lowest BCUT2D eigenvalue weighted by Crippen LogP contribution is -2.54. The van der Waals surface area contributed by atoms with Gasteiger partial charge in [0.05, 0.1) is 11.1 Å². The number of piperidine rings is 1. The van der Waals surface area contributed by atoms with Gasteiger partial charge in [0.25, 0.3) is 11.8 Å². The molecule has 1 unspecified atom stereocenters. The third-order valence-electron chi connectivity index (χ3n) is 5.95. The molecule has 2 fully saturated rings. The summed E-state index contributed by atoms with van der Waals surface area (Å²) in [6.45, 7) is 7.28. The Kier molecular flexibility index (Phi) is 5.85. The van der Waals surface area contributed by atoms with E-state index in [2.05, 4.69) is 10.6 Å². The highest BCUT2D eigenvalue weighted by molar-refractivity contribution is 6.25. The molecule has 5 amide bonds. The van der Waals surface area contributed by atoms with Crippen LogP contribution in [-0.2, 0) is 14.3 Å². The molecule has 0 bridgehead atoms. The van der Waals surface area contributed by atoms with Crippen molar-refractivity contribution in [2.24, 2.45) is 5.92 Å². The zero-order valence-corrected chi connectivity index (χ0v) is 19.0. The minimum atomic E-state index is -0.989. The van der Waals surface area contributed by atoms with Crippen LogP contribution in [0.2, 0.25) is 0 Å². The Bertz CT molecular complexity index is 1020. The number of likely N-dealkylation sites (tertiary alicyclic amines) is 1. The molecule has 4 rings (SSSR count). The standard InChI is InChI=1S/C23H28N4O6/c1-23(2,3)33-22(32)26-11-13(12-26)9-10-24-15-6-4-5-14-18(15)21(31)27(20(14)30)16-7-8-17(28)25-19(16)29/h4-6,13,16,24H,7-12H2,1-3H3,(H,25,28,29). The van der Waals surface area contributed by atoms with Crippen LogP contribution >= 0.6 is 0 Å². The lowest BCUT2D eigenvalue weighted by molar-refractivity contribution is -0.136. The highest BCUT2D eigenvalue weighted by Crippen LogP contribution is 2.32. The topological polar surface area (TPSA) is 125 Å². The van der Waals surface area contributed by atoms with Gasteiger partial charge in [0.1, 0.15) is 11.6 Å². The van der Waals surface area contributed by atoms with Crippen molar-refractivity contribution in [3.63, 3.8) is 0 Å². The van der Waals surface area contributed by atoms with Crippen LogP contribution < -0.4 is 10.6 Å². The average Bonchev–Trinajstić information content (AvgIpc) is 2.94. The van der Waals surface area contributed by atoms with Gasteiger partial charge in [-0.2, -0.15) is 0 Å². The summed E-state index contributed by atoms with van der Waals surface area (Å²) in [7, 11) is 0. The van der Waals surface area contributed by atoms with Crippen molar-refractivity contribution in [2.45, 2.75) is 51.7 Å². The molecule has 2 saturated heterocycles. The number of amides is 5. The second-order valence-corrected chi connectivity index (χ2v) is 9.64. The summed E-state index contributed by atoms with van der Waals surface area (Å²) < 4.78 is 5.36. The molecule has 0 aliphatic carbocycles. The fourth-order valence-electron chi connectivity index (χ4n) is 4.30. The molecule has 0 radical (unpaired) electrons. The summed E-state index contributed by atoms with van der Waals surface area (Å²) in [4.78, 5) is 64.3. The quantitative estimate of drug-likeness (QED) is 0.647. The lowest BCUT2D eigenvalue weighted by atomic mass is 9.97. The first-order valence-corrected chi connectivity index (χ1v) is 11.1. The van der Waals surface area contributed by atoms with E-state index in [1.807, 2.05) is 20.8 Å². The highest BCUT2D eigenvalue weighted by Gasteiger charge is 2.45. The van der Waals surface area contributed by atoms with E-state index in [0.717, 1.165) is 11.3 Å². The highest BCUT2D eigenvalue weighted by atomic mass is 16.6. The number of nitrogens with zero attached hydrogens (tertiary/aromatic N) is 2. The van der Waals surface area contributed by atoms with E-state index < -0.39 is 35.3 Å². The molecule has 1 aromatic carbocycles. The monoisotopic (exact) mass is 456 g/mol. The molecule has 10 nitrogen and oxygen atoms in total. The molecule has 33 heavy (non-hydrogen) atoms. The van der Waals surface area contributed by atoms with E-state index in [4.69, 9.17) is 4.74 Å². The lowest BCUT2D eigenvalue weighted by Gasteiger charge is -2.39. The van der Waals surface area contributed by atoms with Gasteiger partial charge in [0.15, 0.2) is 0 Å². The number of ether oxygens (including phenoxy) is 1. The number of nitrogens with one attached hydrogen (secondary N) is 2. The molecule has 3 aliphatic rings. The first kappa shape index (κ1) is 22.8. The summed E-state index contributed by atoms with van der Waals surface area (Å²) in [5.41, 5.74) is 0.498. The maximum atomic E-state index is 13.1. The van der Waals surface area contributed by atoms with Crippen LogP contribution in [0.4, 0.5) is 10.5 Å². The number of carbonyl (C=O) groups excluding carboxylic acids is 5. The van der Waals surface area contributed by atoms with Crippen molar-refractivity contribution in [2.75, 3.05) is 25.0 Å². The minimum absolute atomic E-state index is 0.0800. The predicted molar refractivity (Wildman–Crippen MR) is 118 cm³/mol. The Morgan fingerprint density at radius 2 is 1.88 bits per heavy atom. The van der Waals surface area contributed by atoms with Crippen LogP contribution in [-0.4, -0.2) is 70.8 Å². The third kappa shape index (κ3) is 4.55. The molecular formula is C23H28N4O6. The van der Waals surface area contributed by atoms with E-state index in [-0.39, 0.29) is 30.1 Å². The van der Waals surface area contributed by atoms with Crippen molar-refractivity contribution in [1.29, 1.82) is 0 Å². The van der Waals surface area contributed by atoms with E-state index in [9.17, 15) is 24.0 Å². The van der Waals surface area contributed by atoms with Gasteiger partial charge in [-0.05, 0) is 51.7 Å². The van der Waals surface area contributed by atoms with Crippen LogP contribution in [0.5, 0.6) is 0 Å². The maximum absolute atomic E-state index is 13.1. The van der Waals surface area contributed by atoms with E-state index >= 15 is 0 Å². The number of rotatable bonds is 5. The van der Waals surface area contributed by atoms with Gasteiger partial charge in [-0.15, -0.1) is 0 Å². The van der Waals surface area contributed by atoms with Gasteiger partial charge in [-0.25, -0.2) is 4.79 Å². The molecule has 2 N–H and O–H groups in total. The number of anilines is 1. The number of hydrogen-bond acceptors (Lipinski definition) is 7. The maximum Gasteiger partial charge on any atom is 0.410 e. The number of hydrogen-bond donors (Lipinski definition) is 2. The summed E-state index contributed by atoms with van der Waals surface area (Å²) in [5.74, 6) is -1.78. The Morgan fingerprint density at radius 3 is 2.55 bits per heavy atom. The Morgan fingerprint density at radius 1 is 1.15 bits per heavy atom. The second-order valence-electron chi connectivity index (χ2n) is 9.64. The first-order valence-electron chi connectivity index (χ1n) is 11.1. The zero-order chi connectivity index (χ0) is 23.9. The number of carbonyl (C=O) groups is 5. The number of fused-ring (bicyclic) bond motifs is 1. The van der Waals surface area contributed by atoms with Crippen LogP contribution in [0.25, 0.3) is 0 Å². The molecule has 3 heterocycles. The Hall–Kier alpha value is -3.43. The number of benzene rings is 1. The fourth-order valence-corrected chi connectivity index (χ4v) is 4.30. The Labute approximate surface area is 191 Å². The summed E-state index contributed by atoms with van der Waals surface area (Å²) >= 11 is 0. The zero-order valence-electron chi connectivity index (χ0n) is 19.0. The van der Waals surface area contributed by atoms with Gasteiger partial charge in [0.2, 0.25) is 11.8 Å². The number of imide groups is 2. The molecule has 0 spiro atoms. The summed E-state index contributed by atoms with van der Waals surface area (Å²) in [5, 5.41) is 5.43. The molecule has 0 saturated carbocycles. The molecule has 3 aliphatic heterocycles. The summed E-state index contributed by atoms with van der Waals surface area (Å²) in [6, 6.07) is 3.99. The van der Waals surface area contributed by atoms with Gasteiger partial charge in [-0.1, -0.05) is 6.07 Å². The molecule has 1 aromatic rings. The third-order valence-corrected chi connectivity index (χ3v) is 5.95. The van der Waals surface area contributed by atoms with Crippen LogP contribution in [0, 0.1) is 5.92 Å². The van der Waals surface area contributed by atoms with Gasteiger partial charge < -0.3 is 15.0 Å². The molecule has 1 atom stereocenters. The van der Waals surface area contributed by atoms with Gasteiger partial charge in [-0.3, -0.25) is 29.4 Å². The van der Waals surface area contributed by atoms with Gasteiger partial charge in [0, 0.05) is 31.7 Å². The molecule has 10 heteroatoms. The SMILES string of the molecule is CC(C)(C)OC(=O)N1CC(CCNc2cccc3c2C(=O)N(C2CCC(=O)NC2=O)C3=O)C1. The van der Waals surface area contributed by atoms with Crippen molar-refractivity contribution < 1.29 is 28.7 Å². The summed E-state index contributed by atoms with van der Waals surface area (Å²) in [6.07, 6.45) is 0.665. The average molecular weight is 456 g/mol. The Balaban J connectivity index is 1.35. The first-order chi connectivity index (χ1) is 15.5. The molecule has 0 aromatic heterocycles. The van der Waals surface area contributed by atoms with Crippen molar-refractivity contribution in [3.8, 4) is 0 Å². The van der Waals surface area contributed by atoms with Gasteiger partial charge >= 0.3 is 6.09 Å². The minimum Gasteiger partial charge on any atom is -0.444 e. The van der Waals surface area contributed by atoms with Crippen molar-refractivity contribution in [3.05, 3.63) is 29.3 Å².